The van der Waals surface area contributed by atoms with Gasteiger partial charge in [-0.15, -0.1) is 0 Å². The summed E-state index contributed by atoms with van der Waals surface area (Å²) < 4.78 is 0. The summed E-state index contributed by atoms with van der Waals surface area (Å²) in [4.78, 5) is 5.06. The lowest BCUT2D eigenvalue weighted by molar-refractivity contribution is 0.261. The molecule has 0 fully saturated rings. The van der Waals surface area contributed by atoms with Crippen molar-refractivity contribution in [2.75, 3.05) is 39.8 Å². The van der Waals surface area contributed by atoms with Crippen LogP contribution in [0, 0.1) is 0 Å². The van der Waals surface area contributed by atoms with Crippen LogP contribution in [0.1, 0.15) is 98.8 Å². The minimum atomic E-state index is 1.27. The van der Waals surface area contributed by atoms with Gasteiger partial charge in [0.1, 0.15) is 0 Å². The molecule has 0 unspecified atom stereocenters. The van der Waals surface area contributed by atoms with Gasteiger partial charge in [0.25, 0.3) is 0 Å². The fourth-order valence-corrected chi connectivity index (χ4v) is 2.45. The molecule has 0 saturated carbocycles. The number of hydrogen-bond acceptors (Lipinski definition) is 2. The summed E-state index contributed by atoms with van der Waals surface area (Å²) in [5.74, 6) is 0. The van der Waals surface area contributed by atoms with E-state index in [-0.39, 0.29) is 0 Å². The van der Waals surface area contributed by atoms with Gasteiger partial charge in [0, 0.05) is 0 Å². The Balaban J connectivity index is 0. The maximum absolute atomic E-state index is 2.64. The molecule has 0 atom stereocenters. The Bertz CT molecular complexity index is 167. The van der Waals surface area contributed by atoms with Crippen molar-refractivity contribution in [1.82, 2.24) is 9.80 Å². The second-order valence-corrected chi connectivity index (χ2v) is 6.91. The second-order valence-electron chi connectivity index (χ2n) is 6.91. The highest BCUT2D eigenvalue weighted by Gasteiger charge is 2.01. The maximum Gasteiger partial charge on any atom is -0.00188 e. The van der Waals surface area contributed by atoms with Crippen LogP contribution in [-0.4, -0.2) is 49.6 Å². The summed E-state index contributed by atoms with van der Waals surface area (Å²) in [6.07, 6.45) is 13.4. The van der Waals surface area contributed by atoms with Crippen molar-refractivity contribution in [3.63, 3.8) is 0 Å². The molecule has 0 amide bonds. The van der Waals surface area contributed by atoms with Crippen molar-refractivity contribution >= 4 is 0 Å². The molecule has 0 aromatic heterocycles. The standard InChI is InChI=1S/C12H27N.C9H21N/c1-4-7-10-13(11-8-5-2)12-9-6-3;1-4-6-8-10(3)9-7-5-2/h4-12H2,1-3H3;4-9H2,1-3H3. The molecule has 0 saturated heterocycles. The van der Waals surface area contributed by atoms with Crippen LogP contribution in [0.2, 0.25) is 0 Å². The van der Waals surface area contributed by atoms with Gasteiger partial charge in [-0.2, -0.15) is 0 Å². The molecule has 2 nitrogen and oxygen atoms in total. The first kappa shape index (κ1) is 25.2. The summed E-state index contributed by atoms with van der Waals surface area (Å²) in [5, 5.41) is 0. The molecular weight excluding hydrogens is 280 g/mol. The van der Waals surface area contributed by atoms with Crippen molar-refractivity contribution in [2.24, 2.45) is 0 Å². The Morgan fingerprint density at radius 1 is 0.435 bits per heavy atom. The monoisotopic (exact) mass is 328 g/mol. The van der Waals surface area contributed by atoms with Crippen LogP contribution in [0.15, 0.2) is 0 Å². The van der Waals surface area contributed by atoms with Gasteiger partial charge >= 0.3 is 0 Å². The lowest BCUT2D eigenvalue weighted by Crippen LogP contribution is -2.27. The second kappa shape index (κ2) is 21.9. The number of hydrogen-bond donors (Lipinski definition) is 0. The van der Waals surface area contributed by atoms with Crippen LogP contribution in [0.4, 0.5) is 0 Å². The van der Waals surface area contributed by atoms with Gasteiger partial charge in [-0.1, -0.05) is 66.7 Å². The van der Waals surface area contributed by atoms with E-state index in [2.05, 4.69) is 51.5 Å². The van der Waals surface area contributed by atoms with E-state index in [9.17, 15) is 0 Å². The first-order valence-electron chi connectivity index (χ1n) is 10.6. The molecule has 0 heterocycles. The molecule has 0 N–H and O–H groups in total. The molecule has 0 spiro atoms. The highest BCUT2D eigenvalue weighted by atomic mass is 15.1. The van der Waals surface area contributed by atoms with Gasteiger partial charge in [-0.3, -0.25) is 0 Å². The Morgan fingerprint density at radius 3 is 0.957 bits per heavy atom. The molecule has 0 aliphatic heterocycles. The van der Waals surface area contributed by atoms with Crippen molar-refractivity contribution in [3.8, 4) is 0 Å². The van der Waals surface area contributed by atoms with Crippen LogP contribution in [0.5, 0.6) is 0 Å². The fraction of sp³-hybridized carbons (Fsp3) is 1.00. The van der Waals surface area contributed by atoms with Crippen LogP contribution in [0.3, 0.4) is 0 Å². The molecule has 0 aliphatic rings. The summed E-state index contributed by atoms with van der Waals surface area (Å²) in [6, 6.07) is 0. The van der Waals surface area contributed by atoms with Gasteiger partial charge in [-0.25, -0.2) is 0 Å². The zero-order chi connectivity index (χ0) is 17.8. The number of unbranched alkanes of at least 4 members (excludes halogenated alkanes) is 5. The summed E-state index contributed by atoms with van der Waals surface area (Å²) in [5.41, 5.74) is 0. The third-order valence-electron chi connectivity index (χ3n) is 4.27. The van der Waals surface area contributed by atoms with Gasteiger partial charge in [0.2, 0.25) is 0 Å². The average Bonchev–Trinajstić information content (AvgIpc) is 2.58. The lowest BCUT2D eigenvalue weighted by atomic mass is 10.2. The van der Waals surface area contributed by atoms with E-state index >= 15 is 0 Å². The average molecular weight is 329 g/mol. The molecule has 2 heteroatoms. The van der Waals surface area contributed by atoms with Crippen LogP contribution in [0.25, 0.3) is 0 Å². The Labute approximate surface area is 149 Å². The zero-order valence-corrected chi connectivity index (χ0v) is 17.5. The summed E-state index contributed by atoms with van der Waals surface area (Å²) >= 11 is 0. The largest absolute Gasteiger partial charge is 0.306 e. The molecule has 0 aromatic rings. The van der Waals surface area contributed by atoms with E-state index in [1.807, 2.05) is 0 Å². The van der Waals surface area contributed by atoms with E-state index in [0.717, 1.165) is 0 Å². The fourth-order valence-electron chi connectivity index (χ4n) is 2.45. The van der Waals surface area contributed by atoms with E-state index in [1.54, 1.807) is 0 Å². The summed E-state index contributed by atoms with van der Waals surface area (Å²) in [6.45, 7) is 17.8. The molecule has 0 radical (unpaired) electrons. The Kier molecular flexibility index (Phi) is 24.0. The van der Waals surface area contributed by atoms with Gasteiger partial charge in [0.15, 0.2) is 0 Å². The normalized spacial score (nSPS) is 11.0. The quantitative estimate of drug-likeness (QED) is 0.353. The van der Waals surface area contributed by atoms with Gasteiger partial charge in [-0.05, 0) is 71.9 Å². The highest BCUT2D eigenvalue weighted by molar-refractivity contribution is 4.57. The first-order chi connectivity index (χ1) is 11.2. The topological polar surface area (TPSA) is 6.48 Å². The van der Waals surface area contributed by atoms with E-state index < -0.39 is 0 Å². The number of rotatable bonds is 15. The van der Waals surface area contributed by atoms with Crippen molar-refractivity contribution in [1.29, 1.82) is 0 Å². The van der Waals surface area contributed by atoms with Crippen LogP contribution < -0.4 is 0 Å². The van der Waals surface area contributed by atoms with Crippen LogP contribution >= 0.6 is 0 Å². The predicted octanol–water partition coefficient (Wildman–Crippen LogP) is 6.21. The van der Waals surface area contributed by atoms with E-state index in [0.29, 0.717) is 0 Å². The molecule has 0 aliphatic carbocycles. The molecule has 142 valence electrons. The highest BCUT2D eigenvalue weighted by Crippen LogP contribution is 2.01. The van der Waals surface area contributed by atoms with Crippen LogP contribution in [-0.2, 0) is 0 Å². The van der Waals surface area contributed by atoms with Crippen molar-refractivity contribution < 1.29 is 0 Å². The van der Waals surface area contributed by atoms with E-state index in [4.69, 9.17) is 0 Å². The lowest BCUT2D eigenvalue weighted by Gasteiger charge is -2.21. The SMILES string of the molecule is CCCCN(C)CCCC.CCCCN(CCCC)CCCC. The van der Waals surface area contributed by atoms with E-state index in [1.165, 1.54) is 96.9 Å². The minimum Gasteiger partial charge on any atom is -0.306 e. The maximum atomic E-state index is 2.64. The van der Waals surface area contributed by atoms with Gasteiger partial charge < -0.3 is 9.80 Å². The third kappa shape index (κ3) is 21.9. The molecule has 0 bridgehead atoms. The summed E-state index contributed by atoms with van der Waals surface area (Å²) in [7, 11) is 2.21. The Hall–Kier alpha value is -0.0800. The minimum absolute atomic E-state index is 1.27. The van der Waals surface area contributed by atoms with Crippen molar-refractivity contribution in [3.05, 3.63) is 0 Å². The molecule has 0 rings (SSSR count). The molecule has 0 aromatic carbocycles. The smallest absolute Gasteiger partial charge is 0.00188 e. The zero-order valence-electron chi connectivity index (χ0n) is 17.5. The molecular formula is C21H48N2. The predicted molar refractivity (Wildman–Crippen MR) is 108 cm³/mol. The van der Waals surface area contributed by atoms with Crippen molar-refractivity contribution in [2.45, 2.75) is 98.8 Å². The Morgan fingerprint density at radius 2 is 0.696 bits per heavy atom. The third-order valence-corrected chi connectivity index (χ3v) is 4.27. The van der Waals surface area contributed by atoms with Gasteiger partial charge in [0.05, 0.1) is 0 Å². The molecule has 23 heavy (non-hydrogen) atoms. The first-order valence-corrected chi connectivity index (χ1v) is 10.6. The number of nitrogens with zero attached hydrogens (tertiary/aromatic N) is 2.